The Labute approximate surface area is 138 Å². The third-order valence-electron chi connectivity index (χ3n) is 2.55. The zero-order valence-corrected chi connectivity index (χ0v) is 14.5. The highest BCUT2D eigenvalue weighted by Gasteiger charge is 2.11. The molecular formula is C15H21BrN2O4. The van der Waals surface area contributed by atoms with E-state index in [4.69, 9.17) is 9.47 Å². The Balaban J connectivity index is 2.52. The molecule has 0 aromatic heterocycles. The van der Waals surface area contributed by atoms with E-state index in [0.717, 1.165) is 0 Å². The van der Waals surface area contributed by atoms with E-state index in [9.17, 15) is 9.59 Å². The maximum Gasteiger partial charge on any atom is 0.269 e. The minimum absolute atomic E-state index is 0.0422. The number of halogens is 1. The van der Waals surface area contributed by atoms with Gasteiger partial charge in [0.15, 0.2) is 0 Å². The maximum atomic E-state index is 11.9. The Morgan fingerprint density at radius 3 is 2.59 bits per heavy atom. The lowest BCUT2D eigenvalue weighted by molar-refractivity contribution is -0.122. The standard InChI is InChI=1S/C15H21BrN2O4/c1-4-21-8-7-14(19)17-18-15(20)11-5-6-13(12(16)9-11)22-10(2)3/h5-6,9-10H,4,7-8H2,1-3H3,(H,17,19)(H,18,20). The lowest BCUT2D eigenvalue weighted by atomic mass is 10.2. The highest BCUT2D eigenvalue weighted by atomic mass is 79.9. The first-order chi connectivity index (χ1) is 10.4. The van der Waals surface area contributed by atoms with Crippen molar-refractivity contribution >= 4 is 27.7 Å². The number of rotatable bonds is 7. The second kappa shape index (κ2) is 9.42. The fourth-order valence-corrected chi connectivity index (χ4v) is 2.03. The fourth-order valence-electron chi connectivity index (χ4n) is 1.56. The summed E-state index contributed by atoms with van der Waals surface area (Å²) in [5, 5.41) is 0. The van der Waals surface area contributed by atoms with E-state index < -0.39 is 5.91 Å². The molecule has 0 aliphatic carbocycles. The van der Waals surface area contributed by atoms with Gasteiger partial charge in [0.25, 0.3) is 5.91 Å². The van der Waals surface area contributed by atoms with E-state index in [-0.39, 0.29) is 18.4 Å². The summed E-state index contributed by atoms with van der Waals surface area (Å²) in [7, 11) is 0. The summed E-state index contributed by atoms with van der Waals surface area (Å²) in [6, 6.07) is 4.97. The molecule has 6 nitrogen and oxygen atoms in total. The van der Waals surface area contributed by atoms with Gasteiger partial charge < -0.3 is 9.47 Å². The van der Waals surface area contributed by atoms with Crippen LogP contribution in [0.3, 0.4) is 0 Å². The summed E-state index contributed by atoms with van der Waals surface area (Å²) >= 11 is 3.36. The van der Waals surface area contributed by atoms with Gasteiger partial charge in [0, 0.05) is 12.2 Å². The number of hydrazine groups is 1. The van der Waals surface area contributed by atoms with Gasteiger partial charge in [-0.3, -0.25) is 20.4 Å². The number of amides is 2. The van der Waals surface area contributed by atoms with Crippen LogP contribution in [0.15, 0.2) is 22.7 Å². The summed E-state index contributed by atoms with van der Waals surface area (Å²) in [5.74, 6) is -0.0468. The molecule has 1 aromatic carbocycles. The molecule has 0 aliphatic heterocycles. The lowest BCUT2D eigenvalue weighted by Gasteiger charge is -2.12. The van der Waals surface area contributed by atoms with Gasteiger partial charge in [0.05, 0.1) is 23.6 Å². The monoisotopic (exact) mass is 372 g/mol. The van der Waals surface area contributed by atoms with Crippen LogP contribution in [0, 0.1) is 0 Å². The van der Waals surface area contributed by atoms with E-state index in [2.05, 4.69) is 26.8 Å². The largest absolute Gasteiger partial charge is 0.490 e. The van der Waals surface area contributed by atoms with Crippen LogP contribution in [0.2, 0.25) is 0 Å². The van der Waals surface area contributed by atoms with E-state index in [1.54, 1.807) is 18.2 Å². The number of hydrogen-bond donors (Lipinski definition) is 2. The summed E-state index contributed by atoms with van der Waals surface area (Å²) in [6.45, 7) is 6.57. The molecule has 0 heterocycles. The molecule has 0 atom stereocenters. The molecule has 1 rings (SSSR count). The van der Waals surface area contributed by atoms with Crippen molar-refractivity contribution in [1.82, 2.24) is 10.9 Å². The SMILES string of the molecule is CCOCCC(=O)NNC(=O)c1ccc(OC(C)C)c(Br)c1. The van der Waals surface area contributed by atoms with E-state index in [0.29, 0.717) is 29.0 Å². The normalized spacial score (nSPS) is 10.4. The maximum absolute atomic E-state index is 11.9. The van der Waals surface area contributed by atoms with Gasteiger partial charge in [0.2, 0.25) is 5.91 Å². The molecule has 0 bridgehead atoms. The zero-order chi connectivity index (χ0) is 16.5. The average molecular weight is 373 g/mol. The van der Waals surface area contributed by atoms with Gasteiger partial charge in [-0.05, 0) is 54.9 Å². The Bertz CT molecular complexity index is 520. The first-order valence-corrected chi connectivity index (χ1v) is 7.86. The van der Waals surface area contributed by atoms with Gasteiger partial charge in [-0.2, -0.15) is 0 Å². The van der Waals surface area contributed by atoms with Crippen molar-refractivity contribution in [3.8, 4) is 5.75 Å². The summed E-state index contributed by atoms with van der Waals surface area (Å²) in [4.78, 5) is 23.4. The van der Waals surface area contributed by atoms with Gasteiger partial charge in [-0.15, -0.1) is 0 Å². The Kier molecular flexibility index (Phi) is 7.90. The predicted molar refractivity (Wildman–Crippen MR) is 86.6 cm³/mol. The molecule has 122 valence electrons. The number of carbonyl (C=O) groups excluding carboxylic acids is 2. The lowest BCUT2D eigenvalue weighted by Crippen LogP contribution is -2.41. The van der Waals surface area contributed by atoms with Gasteiger partial charge in [-0.25, -0.2) is 0 Å². The molecular weight excluding hydrogens is 352 g/mol. The molecule has 2 amide bonds. The van der Waals surface area contributed by atoms with Crippen LogP contribution < -0.4 is 15.6 Å². The van der Waals surface area contributed by atoms with Gasteiger partial charge >= 0.3 is 0 Å². The minimum atomic E-state index is -0.401. The van der Waals surface area contributed by atoms with Crippen LogP contribution in [0.5, 0.6) is 5.75 Å². The van der Waals surface area contributed by atoms with E-state index in [1.165, 1.54) is 0 Å². The molecule has 0 saturated heterocycles. The fraction of sp³-hybridized carbons (Fsp3) is 0.467. The highest BCUT2D eigenvalue weighted by Crippen LogP contribution is 2.26. The molecule has 0 unspecified atom stereocenters. The van der Waals surface area contributed by atoms with E-state index >= 15 is 0 Å². The first kappa shape index (κ1) is 18.4. The van der Waals surface area contributed by atoms with Crippen LogP contribution in [0.1, 0.15) is 37.6 Å². The summed E-state index contributed by atoms with van der Waals surface area (Å²) in [6.07, 6.45) is 0.236. The quantitative estimate of drug-likeness (QED) is 0.569. The van der Waals surface area contributed by atoms with Crippen LogP contribution in [0.4, 0.5) is 0 Å². The topological polar surface area (TPSA) is 76.7 Å². The van der Waals surface area contributed by atoms with E-state index in [1.807, 2.05) is 20.8 Å². The van der Waals surface area contributed by atoms with Crippen molar-refractivity contribution in [3.05, 3.63) is 28.2 Å². The second-order valence-electron chi connectivity index (χ2n) is 4.76. The van der Waals surface area contributed by atoms with Crippen molar-refractivity contribution < 1.29 is 19.1 Å². The first-order valence-electron chi connectivity index (χ1n) is 7.07. The Morgan fingerprint density at radius 2 is 2.00 bits per heavy atom. The molecule has 0 fully saturated rings. The summed E-state index contributed by atoms with van der Waals surface area (Å²) < 4.78 is 11.3. The molecule has 0 spiro atoms. The third kappa shape index (κ3) is 6.44. The molecule has 22 heavy (non-hydrogen) atoms. The van der Waals surface area contributed by atoms with Crippen molar-refractivity contribution in [2.24, 2.45) is 0 Å². The minimum Gasteiger partial charge on any atom is -0.490 e. The number of hydrogen-bond acceptors (Lipinski definition) is 4. The number of nitrogens with one attached hydrogen (secondary N) is 2. The van der Waals surface area contributed by atoms with Crippen molar-refractivity contribution in [2.75, 3.05) is 13.2 Å². The highest BCUT2D eigenvalue weighted by molar-refractivity contribution is 9.10. The van der Waals surface area contributed by atoms with Crippen molar-refractivity contribution in [1.29, 1.82) is 0 Å². The van der Waals surface area contributed by atoms with Crippen LogP contribution in [-0.4, -0.2) is 31.1 Å². The third-order valence-corrected chi connectivity index (χ3v) is 3.17. The molecule has 2 N–H and O–H groups in total. The molecule has 0 saturated carbocycles. The van der Waals surface area contributed by atoms with Crippen molar-refractivity contribution in [2.45, 2.75) is 33.3 Å². The van der Waals surface area contributed by atoms with Gasteiger partial charge in [0.1, 0.15) is 5.75 Å². The van der Waals surface area contributed by atoms with Gasteiger partial charge in [-0.1, -0.05) is 0 Å². The average Bonchev–Trinajstić information content (AvgIpc) is 2.46. The molecule has 7 heteroatoms. The number of carbonyl (C=O) groups is 2. The molecule has 1 aromatic rings. The summed E-state index contributed by atoms with van der Waals surface area (Å²) in [5.41, 5.74) is 5.11. The predicted octanol–water partition coefficient (Wildman–Crippen LogP) is 2.42. The van der Waals surface area contributed by atoms with Crippen LogP contribution in [0.25, 0.3) is 0 Å². The van der Waals surface area contributed by atoms with Crippen LogP contribution in [-0.2, 0) is 9.53 Å². The molecule has 0 radical (unpaired) electrons. The second-order valence-corrected chi connectivity index (χ2v) is 5.62. The van der Waals surface area contributed by atoms with Crippen LogP contribution >= 0.6 is 15.9 Å². The zero-order valence-electron chi connectivity index (χ0n) is 12.9. The number of ether oxygens (including phenoxy) is 2. The molecule has 0 aliphatic rings. The Morgan fingerprint density at radius 1 is 1.27 bits per heavy atom. The number of benzene rings is 1. The smallest absolute Gasteiger partial charge is 0.269 e. The van der Waals surface area contributed by atoms with Crippen molar-refractivity contribution in [3.63, 3.8) is 0 Å². The Hall–Kier alpha value is -1.60.